The van der Waals surface area contributed by atoms with Gasteiger partial charge in [-0.3, -0.25) is 0 Å². The first kappa shape index (κ1) is 11.8. The van der Waals surface area contributed by atoms with Crippen molar-refractivity contribution in [2.45, 2.75) is 40.5 Å². The molecule has 0 aromatic carbocycles. The van der Waals surface area contributed by atoms with Crippen LogP contribution in [-0.2, 0) is 17.6 Å². The highest BCUT2D eigenvalue weighted by atomic mass is 16.5. The molecule has 1 heterocycles. The number of aromatic amines is 1. The Labute approximate surface area is 90.8 Å². The molecule has 3 heteroatoms. The second-order valence-corrected chi connectivity index (χ2v) is 3.51. The molecule has 15 heavy (non-hydrogen) atoms. The standard InChI is InChI=1S/C12H19NO2/c1-5-9-8(4)13-11(10(9)6-2)12(14)15-7-3/h13H,5-7H2,1-4H3. The van der Waals surface area contributed by atoms with E-state index in [1.807, 2.05) is 13.8 Å². The van der Waals surface area contributed by atoms with E-state index in [2.05, 4.69) is 18.8 Å². The van der Waals surface area contributed by atoms with Gasteiger partial charge in [-0.2, -0.15) is 0 Å². The van der Waals surface area contributed by atoms with Crippen molar-refractivity contribution >= 4 is 5.97 Å². The molecule has 0 aliphatic carbocycles. The van der Waals surface area contributed by atoms with Crippen LogP contribution in [0.5, 0.6) is 0 Å². The molecule has 1 aromatic heterocycles. The minimum Gasteiger partial charge on any atom is -0.461 e. The van der Waals surface area contributed by atoms with Crippen LogP contribution < -0.4 is 0 Å². The van der Waals surface area contributed by atoms with Gasteiger partial charge in [0.1, 0.15) is 5.69 Å². The highest BCUT2D eigenvalue weighted by Gasteiger charge is 2.18. The van der Waals surface area contributed by atoms with Gasteiger partial charge in [0, 0.05) is 5.69 Å². The van der Waals surface area contributed by atoms with Crippen LogP contribution in [-0.4, -0.2) is 17.6 Å². The number of carbonyl (C=O) groups excluding carboxylic acids is 1. The van der Waals surface area contributed by atoms with Gasteiger partial charge < -0.3 is 9.72 Å². The fourth-order valence-electron chi connectivity index (χ4n) is 1.96. The predicted molar refractivity (Wildman–Crippen MR) is 60.2 cm³/mol. The van der Waals surface area contributed by atoms with E-state index >= 15 is 0 Å². The highest BCUT2D eigenvalue weighted by Crippen LogP contribution is 2.20. The Morgan fingerprint density at radius 3 is 2.27 bits per heavy atom. The summed E-state index contributed by atoms with van der Waals surface area (Å²) in [4.78, 5) is 14.8. The van der Waals surface area contributed by atoms with Gasteiger partial charge >= 0.3 is 5.97 Å². The second-order valence-electron chi connectivity index (χ2n) is 3.51. The van der Waals surface area contributed by atoms with E-state index in [0.717, 1.165) is 24.1 Å². The molecule has 0 aliphatic heterocycles. The molecule has 0 fully saturated rings. The van der Waals surface area contributed by atoms with Crippen LogP contribution in [0.25, 0.3) is 0 Å². The summed E-state index contributed by atoms with van der Waals surface area (Å²) in [5, 5.41) is 0. The maximum Gasteiger partial charge on any atom is 0.355 e. The third kappa shape index (κ3) is 2.22. The van der Waals surface area contributed by atoms with E-state index < -0.39 is 0 Å². The van der Waals surface area contributed by atoms with E-state index in [1.165, 1.54) is 5.56 Å². The highest BCUT2D eigenvalue weighted by molar-refractivity contribution is 5.90. The Kier molecular flexibility index (Phi) is 3.95. The smallest absolute Gasteiger partial charge is 0.355 e. The Morgan fingerprint density at radius 2 is 1.80 bits per heavy atom. The average molecular weight is 209 g/mol. The maximum atomic E-state index is 11.7. The van der Waals surface area contributed by atoms with Gasteiger partial charge in [0.2, 0.25) is 0 Å². The summed E-state index contributed by atoms with van der Waals surface area (Å²) in [6.45, 7) is 8.40. The zero-order chi connectivity index (χ0) is 11.4. The summed E-state index contributed by atoms with van der Waals surface area (Å²) in [5.74, 6) is -0.239. The van der Waals surface area contributed by atoms with E-state index in [4.69, 9.17) is 4.74 Å². The van der Waals surface area contributed by atoms with Crippen molar-refractivity contribution < 1.29 is 9.53 Å². The molecule has 84 valence electrons. The summed E-state index contributed by atoms with van der Waals surface area (Å²) in [6, 6.07) is 0. The van der Waals surface area contributed by atoms with Crippen LogP contribution >= 0.6 is 0 Å². The van der Waals surface area contributed by atoms with Crippen LogP contribution in [0.3, 0.4) is 0 Å². The fraction of sp³-hybridized carbons (Fsp3) is 0.583. The topological polar surface area (TPSA) is 42.1 Å². The van der Waals surface area contributed by atoms with E-state index in [-0.39, 0.29) is 5.97 Å². The maximum absolute atomic E-state index is 11.7. The molecule has 1 rings (SSSR count). The third-order valence-electron chi connectivity index (χ3n) is 2.62. The molecule has 3 nitrogen and oxygen atoms in total. The van der Waals surface area contributed by atoms with Gasteiger partial charge in [-0.1, -0.05) is 13.8 Å². The summed E-state index contributed by atoms with van der Waals surface area (Å²) < 4.78 is 5.01. The molecule has 1 N–H and O–H groups in total. The number of ether oxygens (including phenoxy) is 1. The zero-order valence-corrected chi connectivity index (χ0v) is 9.94. The molecule has 0 bridgehead atoms. The van der Waals surface area contributed by atoms with Crippen LogP contribution in [0.4, 0.5) is 0 Å². The van der Waals surface area contributed by atoms with Crippen LogP contribution in [0.1, 0.15) is 48.1 Å². The van der Waals surface area contributed by atoms with Crippen LogP contribution in [0, 0.1) is 6.92 Å². The van der Waals surface area contributed by atoms with Crippen molar-refractivity contribution in [2.75, 3.05) is 6.61 Å². The van der Waals surface area contributed by atoms with Gasteiger partial charge in [0.05, 0.1) is 6.61 Å². The first-order valence-electron chi connectivity index (χ1n) is 5.53. The minimum atomic E-state index is -0.239. The number of aryl methyl sites for hydroxylation is 1. The third-order valence-corrected chi connectivity index (χ3v) is 2.62. The lowest BCUT2D eigenvalue weighted by Gasteiger charge is -2.03. The molecule has 0 atom stereocenters. The molecule has 0 unspecified atom stereocenters. The normalized spacial score (nSPS) is 10.4. The Bertz CT molecular complexity index is 353. The largest absolute Gasteiger partial charge is 0.461 e. The number of nitrogens with one attached hydrogen (secondary N) is 1. The van der Waals surface area contributed by atoms with Gasteiger partial charge in [-0.25, -0.2) is 4.79 Å². The van der Waals surface area contributed by atoms with Gasteiger partial charge in [-0.15, -0.1) is 0 Å². The molecule has 0 spiro atoms. The first-order valence-corrected chi connectivity index (χ1v) is 5.53. The predicted octanol–water partition coefficient (Wildman–Crippen LogP) is 2.62. The molecule has 0 amide bonds. The van der Waals surface area contributed by atoms with Gasteiger partial charge in [0.15, 0.2) is 0 Å². The van der Waals surface area contributed by atoms with Crippen molar-refractivity contribution in [2.24, 2.45) is 0 Å². The van der Waals surface area contributed by atoms with E-state index in [9.17, 15) is 4.79 Å². The molecule has 0 saturated carbocycles. The van der Waals surface area contributed by atoms with Crippen molar-refractivity contribution in [3.63, 3.8) is 0 Å². The van der Waals surface area contributed by atoms with Crippen LogP contribution in [0.2, 0.25) is 0 Å². The number of rotatable bonds is 4. The lowest BCUT2D eigenvalue weighted by atomic mass is 10.0. The fourth-order valence-corrected chi connectivity index (χ4v) is 1.96. The van der Waals surface area contributed by atoms with Crippen LogP contribution in [0.15, 0.2) is 0 Å². The number of aromatic nitrogens is 1. The molecule has 0 radical (unpaired) electrons. The lowest BCUT2D eigenvalue weighted by molar-refractivity contribution is 0.0519. The molecular weight excluding hydrogens is 190 g/mol. The second kappa shape index (κ2) is 5.01. The Balaban J connectivity index is 3.12. The van der Waals surface area contributed by atoms with Crippen molar-refractivity contribution in [3.05, 3.63) is 22.5 Å². The monoisotopic (exact) mass is 209 g/mol. The van der Waals surface area contributed by atoms with Gasteiger partial charge in [0.25, 0.3) is 0 Å². The summed E-state index contributed by atoms with van der Waals surface area (Å²) in [6.07, 6.45) is 1.81. The zero-order valence-electron chi connectivity index (χ0n) is 9.94. The van der Waals surface area contributed by atoms with E-state index in [0.29, 0.717) is 12.3 Å². The summed E-state index contributed by atoms with van der Waals surface area (Å²) in [7, 11) is 0. The van der Waals surface area contributed by atoms with Crippen molar-refractivity contribution in [3.8, 4) is 0 Å². The quantitative estimate of drug-likeness (QED) is 0.774. The molecule has 0 saturated heterocycles. The molecule has 1 aromatic rings. The Hall–Kier alpha value is -1.25. The molecular formula is C12H19NO2. The van der Waals surface area contributed by atoms with Crippen molar-refractivity contribution in [1.29, 1.82) is 0 Å². The minimum absolute atomic E-state index is 0.239. The lowest BCUT2D eigenvalue weighted by Crippen LogP contribution is -2.07. The SMILES string of the molecule is CCOC(=O)c1[nH]c(C)c(CC)c1CC. The van der Waals surface area contributed by atoms with Gasteiger partial charge in [-0.05, 0) is 37.8 Å². The van der Waals surface area contributed by atoms with E-state index in [1.54, 1.807) is 0 Å². The number of hydrogen-bond acceptors (Lipinski definition) is 2. The number of carbonyl (C=O) groups is 1. The first-order chi connectivity index (χ1) is 7.15. The number of H-pyrrole nitrogens is 1. The summed E-state index contributed by atoms with van der Waals surface area (Å²) in [5.41, 5.74) is 4.07. The number of esters is 1. The molecule has 0 aliphatic rings. The average Bonchev–Trinajstić information content (AvgIpc) is 2.54. The van der Waals surface area contributed by atoms with Crippen molar-refractivity contribution in [1.82, 2.24) is 4.98 Å². The number of hydrogen-bond donors (Lipinski definition) is 1. The Morgan fingerprint density at radius 1 is 1.20 bits per heavy atom. The summed E-state index contributed by atoms with van der Waals surface area (Å²) >= 11 is 0.